The number of aliphatic hydroxyl groups is 5. The third-order valence-electron chi connectivity index (χ3n) is 15.2. The fourth-order valence-electron chi connectivity index (χ4n) is 9.98. The number of phenols is 1. The molecule has 96 heavy (non-hydrogen) atoms. The number of phenolic OH excluding ortho intramolecular Hbond substituents is 1. The smallest absolute Gasteiger partial charge is 0.322 e. The summed E-state index contributed by atoms with van der Waals surface area (Å²) in [5, 5.41) is 103. The Morgan fingerprint density at radius 3 is 1.60 bits per heavy atom. The molecule has 2 aliphatic heterocycles. The molecule has 37 heteroatoms. The second-order valence-corrected chi connectivity index (χ2v) is 23.9. The van der Waals surface area contributed by atoms with E-state index in [9.17, 15) is 103 Å². The Balaban J connectivity index is 1.41. The molecule has 0 radical (unpaired) electrons. The Morgan fingerprint density at radius 2 is 1.09 bits per heavy atom. The van der Waals surface area contributed by atoms with E-state index < -0.39 is 193 Å². The predicted molar refractivity (Wildman–Crippen MR) is 340 cm³/mol. The quantitative estimate of drug-likeness (QED) is 0.0278. The summed E-state index contributed by atoms with van der Waals surface area (Å²) >= 11 is 5.05. The number of methoxy groups -OCH3 is 1. The Bertz CT molecular complexity index is 3080. The molecule has 530 valence electrons. The maximum atomic E-state index is 14.1. The summed E-state index contributed by atoms with van der Waals surface area (Å²) in [5.41, 5.74) is 1.12. The zero-order valence-corrected chi connectivity index (χ0v) is 54.6. The number of thiol groups is 1. The molecule has 1 unspecified atom stereocenters. The van der Waals surface area contributed by atoms with Crippen molar-refractivity contribution < 1.29 is 113 Å². The van der Waals surface area contributed by atoms with Crippen LogP contribution in [0.1, 0.15) is 76.5 Å². The summed E-state index contributed by atoms with van der Waals surface area (Å²) in [4.78, 5) is 187. The molecule has 11 amide bonds. The van der Waals surface area contributed by atoms with E-state index in [-0.39, 0.29) is 75.4 Å². The SMILES string of the molecule is COc1ccc(C(CS)NCC(=O)N[C@@H](CO)C(=O)N2CCC[C@H]2C(=O)N[C@@H](Cc2ccc(O)cc2)C(=O)N[C@@H](CO)C(=O)N[C@@H](CO)C(=O)N[C@@H](CC(=O)O)C(=O)N[C@H](C(=O)N[C@H](C(=O)N2CCC[C@H]2C(=O)N[C@@H](C)C(=O)SCCC(=O)NCC(=O)O)[C@@H](C)O)[C@@H](C)O)cc1. The fraction of sp³-hybridized carbons (Fsp3) is 0.559. The summed E-state index contributed by atoms with van der Waals surface area (Å²) in [6.45, 7) is -0.906. The minimum absolute atomic E-state index is 0.00672. The molecule has 2 aromatic rings. The van der Waals surface area contributed by atoms with Crippen LogP contribution in [0.2, 0.25) is 0 Å². The van der Waals surface area contributed by atoms with Gasteiger partial charge in [0.05, 0.1) is 58.1 Å². The third kappa shape index (κ3) is 24.5. The highest BCUT2D eigenvalue weighted by atomic mass is 32.2. The predicted octanol–water partition coefficient (Wildman–Crippen LogP) is -6.85. The van der Waals surface area contributed by atoms with E-state index in [1.54, 1.807) is 24.3 Å². The molecular formula is C59H84N12O23S2. The van der Waals surface area contributed by atoms with E-state index in [0.29, 0.717) is 23.1 Å². The molecule has 2 aromatic carbocycles. The maximum absolute atomic E-state index is 14.1. The van der Waals surface area contributed by atoms with Gasteiger partial charge in [-0.25, -0.2) is 0 Å². The van der Waals surface area contributed by atoms with Crippen molar-refractivity contribution in [2.45, 2.75) is 144 Å². The van der Waals surface area contributed by atoms with Crippen LogP contribution in [0.3, 0.4) is 0 Å². The van der Waals surface area contributed by atoms with Crippen LogP contribution < -0.4 is 57.9 Å². The number of carboxylic acid groups (broad SMARTS) is 2. The first-order valence-electron chi connectivity index (χ1n) is 30.3. The van der Waals surface area contributed by atoms with E-state index in [1.165, 1.54) is 38.3 Å². The van der Waals surface area contributed by atoms with Crippen molar-refractivity contribution in [2.24, 2.45) is 0 Å². The monoisotopic (exact) mass is 1390 g/mol. The number of aliphatic hydroxyl groups excluding tert-OH is 5. The van der Waals surface area contributed by atoms with Gasteiger partial charge in [0.1, 0.15) is 72.4 Å². The molecule has 35 nitrogen and oxygen atoms in total. The zero-order chi connectivity index (χ0) is 71.5. The summed E-state index contributed by atoms with van der Waals surface area (Å²) in [6.07, 6.45) is -4.70. The number of ether oxygens (including phenoxy) is 1. The minimum atomic E-state index is -2.16. The van der Waals surface area contributed by atoms with Crippen molar-refractivity contribution in [3.05, 3.63) is 59.7 Å². The number of carbonyl (C=O) groups is 14. The van der Waals surface area contributed by atoms with E-state index in [0.717, 1.165) is 29.2 Å². The zero-order valence-electron chi connectivity index (χ0n) is 52.9. The lowest BCUT2D eigenvalue weighted by Crippen LogP contribution is -2.63. The van der Waals surface area contributed by atoms with E-state index in [1.807, 2.05) is 5.32 Å². The minimum Gasteiger partial charge on any atom is -0.508 e. The van der Waals surface area contributed by atoms with Crippen LogP contribution in [0.5, 0.6) is 11.5 Å². The van der Waals surface area contributed by atoms with Gasteiger partial charge in [-0.15, -0.1) is 0 Å². The number of aromatic hydroxyl groups is 1. The molecule has 0 aliphatic carbocycles. The molecule has 2 fully saturated rings. The molecule has 0 bridgehead atoms. The first-order chi connectivity index (χ1) is 45.5. The number of nitrogens with zero attached hydrogens (tertiary/aromatic N) is 2. The molecule has 18 N–H and O–H groups in total. The van der Waals surface area contributed by atoms with Crippen molar-refractivity contribution in [1.82, 2.24) is 63.0 Å². The number of hydrogen-bond donors (Lipinski definition) is 19. The normalized spacial score (nSPS) is 17.7. The highest BCUT2D eigenvalue weighted by Gasteiger charge is 2.43. The van der Waals surface area contributed by atoms with Gasteiger partial charge in [-0.1, -0.05) is 36.0 Å². The van der Waals surface area contributed by atoms with Gasteiger partial charge >= 0.3 is 11.9 Å². The average Bonchev–Trinajstić information content (AvgIpc) is 1.58. The number of benzene rings is 2. The van der Waals surface area contributed by atoms with Gasteiger partial charge in [0.15, 0.2) is 0 Å². The van der Waals surface area contributed by atoms with Gasteiger partial charge in [0.25, 0.3) is 0 Å². The van der Waals surface area contributed by atoms with Crippen LogP contribution in [-0.2, 0) is 73.5 Å². The van der Waals surface area contributed by atoms with Gasteiger partial charge in [-0.05, 0) is 81.8 Å². The topological polar surface area (TPSA) is 537 Å². The van der Waals surface area contributed by atoms with Gasteiger partial charge in [0.2, 0.25) is 70.1 Å². The highest BCUT2D eigenvalue weighted by Crippen LogP contribution is 2.23. The molecule has 0 aromatic heterocycles. The maximum Gasteiger partial charge on any atom is 0.322 e. The highest BCUT2D eigenvalue weighted by molar-refractivity contribution is 8.13. The van der Waals surface area contributed by atoms with Crippen LogP contribution in [0.4, 0.5) is 0 Å². The van der Waals surface area contributed by atoms with Crippen molar-refractivity contribution in [1.29, 1.82) is 0 Å². The number of amides is 11. The van der Waals surface area contributed by atoms with Crippen molar-refractivity contribution in [2.75, 3.05) is 64.6 Å². The van der Waals surface area contributed by atoms with E-state index in [4.69, 9.17) is 9.84 Å². The van der Waals surface area contributed by atoms with Crippen LogP contribution in [0.15, 0.2) is 48.5 Å². The molecule has 0 spiro atoms. The van der Waals surface area contributed by atoms with Crippen LogP contribution in [-0.4, -0.2) is 270 Å². The van der Waals surface area contributed by atoms with Gasteiger partial charge in [-0.2, -0.15) is 12.6 Å². The van der Waals surface area contributed by atoms with Gasteiger partial charge < -0.3 is 109 Å². The van der Waals surface area contributed by atoms with Gasteiger partial charge in [0, 0.05) is 43.5 Å². The number of hydrogen-bond acceptors (Lipinski definition) is 24. The first-order valence-corrected chi connectivity index (χ1v) is 31.9. The Hall–Kier alpha value is -8.72. The second kappa shape index (κ2) is 39.3. The van der Waals surface area contributed by atoms with Crippen LogP contribution in [0.25, 0.3) is 0 Å². The molecule has 4 rings (SSSR count). The summed E-state index contributed by atoms with van der Waals surface area (Å²) in [6, 6.07) is -4.94. The van der Waals surface area contributed by atoms with Crippen LogP contribution >= 0.6 is 24.4 Å². The fourth-order valence-corrected chi connectivity index (χ4v) is 11.1. The molecular weight excluding hydrogens is 1310 g/mol. The number of thioether (sulfide) groups is 1. The number of likely N-dealkylation sites (tertiary alicyclic amines) is 2. The number of nitrogens with one attached hydrogen (secondary N) is 10. The lowest BCUT2D eigenvalue weighted by molar-refractivity contribution is -0.145. The molecule has 2 saturated heterocycles. The summed E-state index contributed by atoms with van der Waals surface area (Å²) < 4.78 is 5.19. The largest absolute Gasteiger partial charge is 0.508 e. The first kappa shape index (κ1) is 79.7. The Morgan fingerprint density at radius 1 is 0.583 bits per heavy atom. The van der Waals surface area contributed by atoms with Crippen molar-refractivity contribution in [3.8, 4) is 11.5 Å². The molecule has 2 heterocycles. The van der Waals surface area contributed by atoms with Crippen molar-refractivity contribution in [3.63, 3.8) is 0 Å². The number of rotatable bonds is 38. The average molecular weight is 1390 g/mol. The summed E-state index contributed by atoms with van der Waals surface area (Å²) in [5.74, 6) is -13.9. The number of carbonyl (C=O) groups excluding carboxylic acids is 12. The Labute approximate surface area is 560 Å². The standard InChI is InChI=1S/C59H84N12O23S2/c1-29(59(93)96-20-17-44(78)61-24-47(82)83)62-54(88)42-7-6-19-71(42)58(92)49(31(3)76)69-56(90)48(30(2)75)68-51(85)37(22-46(80)81)64-52(86)38(25-72)67-53(87)39(26-73)66-50(84)36(21-32-9-13-34(77)14-10-32)65-55(89)43-8-5-18-70(43)57(91)40(27-74)63-45(79)23-60-41(28-95)33-11-15-35(94-4)16-12-33/h9-16,29-31,36-43,48-49,60,72-77,95H,5-8,17-28H2,1-4H3,(H,61,78)(H,62,88)(H,63,79)(H,64,86)(H,65,89)(H,66,84)(H,67,87)(H,68,85)(H,69,90)(H,80,81)(H,82,83)/t29-,30+,31+,36-,37-,38-,39-,40-,41?,42-,43-,48-,49-/m0/s1. The number of aliphatic carboxylic acids is 2. The van der Waals surface area contributed by atoms with E-state index in [2.05, 4.69) is 60.5 Å². The van der Waals surface area contributed by atoms with Crippen molar-refractivity contribution >= 4 is 106 Å². The van der Waals surface area contributed by atoms with E-state index >= 15 is 0 Å². The van der Waals surface area contributed by atoms with Crippen LogP contribution in [0, 0.1) is 0 Å². The summed E-state index contributed by atoms with van der Waals surface area (Å²) in [7, 11) is 1.51. The third-order valence-corrected chi connectivity index (χ3v) is 16.6. The Kier molecular flexibility index (Phi) is 32.7. The lowest BCUT2D eigenvalue weighted by Gasteiger charge is -2.32. The molecule has 13 atom stereocenters. The van der Waals surface area contributed by atoms with Gasteiger partial charge in [-0.3, -0.25) is 67.1 Å². The lowest BCUT2D eigenvalue weighted by atomic mass is 10.0. The molecule has 2 aliphatic rings. The molecule has 0 saturated carbocycles. The second-order valence-electron chi connectivity index (χ2n) is 22.4. The number of carboxylic acids is 2.